The van der Waals surface area contributed by atoms with Crippen molar-refractivity contribution in [2.45, 2.75) is 6.92 Å². The van der Waals surface area contributed by atoms with Crippen molar-refractivity contribution in [3.05, 3.63) is 35.4 Å². The Morgan fingerprint density at radius 3 is 2.83 bits per heavy atom. The number of aromatic hydroxyl groups is 1. The van der Waals surface area contributed by atoms with Crippen LogP contribution >= 0.6 is 0 Å². The molecule has 2 nitrogen and oxygen atoms in total. The molecule has 0 spiro atoms. The zero-order valence-corrected chi connectivity index (χ0v) is 6.82. The van der Waals surface area contributed by atoms with E-state index in [0.717, 1.165) is 11.1 Å². The maximum absolute atomic E-state index is 10.0. The van der Waals surface area contributed by atoms with Crippen LogP contribution in [0.1, 0.15) is 11.1 Å². The van der Waals surface area contributed by atoms with Crippen LogP contribution in [0.25, 0.3) is 6.08 Å². The molecule has 0 saturated carbocycles. The zero-order valence-electron chi connectivity index (χ0n) is 6.82. The van der Waals surface area contributed by atoms with E-state index in [0.29, 0.717) is 6.29 Å². The molecule has 1 N–H and O–H groups in total. The van der Waals surface area contributed by atoms with Crippen molar-refractivity contribution in [1.29, 1.82) is 0 Å². The standard InChI is InChI=1S/C10H10O2/c1-8-4-5-10(12)7-9(8)3-2-6-11/h2-7,12H,1H3/b3-2+. The Balaban J connectivity index is 3.04. The fourth-order valence-corrected chi connectivity index (χ4v) is 0.950. The van der Waals surface area contributed by atoms with Crippen LogP contribution in [0.3, 0.4) is 0 Å². The third kappa shape index (κ3) is 1.95. The smallest absolute Gasteiger partial charge is 0.142 e. The van der Waals surface area contributed by atoms with Crippen LogP contribution in [-0.4, -0.2) is 11.4 Å². The Bertz CT molecular complexity index is 314. The van der Waals surface area contributed by atoms with Crippen LogP contribution in [0.15, 0.2) is 24.3 Å². The number of aldehydes is 1. The van der Waals surface area contributed by atoms with Gasteiger partial charge in [0, 0.05) is 0 Å². The average molecular weight is 162 g/mol. The Morgan fingerprint density at radius 2 is 2.17 bits per heavy atom. The van der Waals surface area contributed by atoms with Gasteiger partial charge < -0.3 is 5.11 Å². The van der Waals surface area contributed by atoms with Crippen LogP contribution in [0.5, 0.6) is 5.75 Å². The van der Waals surface area contributed by atoms with Gasteiger partial charge in [-0.25, -0.2) is 0 Å². The Labute approximate surface area is 71.2 Å². The van der Waals surface area contributed by atoms with E-state index in [1.807, 2.05) is 6.92 Å². The Kier molecular flexibility index (Phi) is 2.64. The van der Waals surface area contributed by atoms with Gasteiger partial charge in [0.25, 0.3) is 0 Å². The summed E-state index contributed by atoms with van der Waals surface area (Å²) in [4.78, 5) is 10.0. The highest BCUT2D eigenvalue weighted by atomic mass is 16.3. The second kappa shape index (κ2) is 3.72. The third-order valence-corrected chi connectivity index (χ3v) is 1.62. The summed E-state index contributed by atoms with van der Waals surface area (Å²) in [5, 5.41) is 9.11. The molecule has 0 unspecified atom stereocenters. The largest absolute Gasteiger partial charge is 0.508 e. The summed E-state index contributed by atoms with van der Waals surface area (Å²) >= 11 is 0. The topological polar surface area (TPSA) is 37.3 Å². The lowest BCUT2D eigenvalue weighted by Crippen LogP contribution is -1.79. The molecule has 0 aliphatic heterocycles. The lowest BCUT2D eigenvalue weighted by Gasteiger charge is -1.99. The van der Waals surface area contributed by atoms with E-state index in [4.69, 9.17) is 5.11 Å². The molecule has 0 radical (unpaired) electrons. The van der Waals surface area contributed by atoms with Crippen LogP contribution in [0.2, 0.25) is 0 Å². The van der Waals surface area contributed by atoms with Crippen LogP contribution < -0.4 is 0 Å². The van der Waals surface area contributed by atoms with E-state index in [-0.39, 0.29) is 5.75 Å². The van der Waals surface area contributed by atoms with Crippen molar-refractivity contribution >= 4 is 12.4 Å². The summed E-state index contributed by atoms with van der Waals surface area (Å²) in [5.41, 5.74) is 1.90. The summed E-state index contributed by atoms with van der Waals surface area (Å²) in [6.45, 7) is 1.92. The number of phenolic OH excluding ortho intramolecular Hbond substituents is 1. The van der Waals surface area contributed by atoms with Crippen molar-refractivity contribution in [3.8, 4) is 5.75 Å². The van der Waals surface area contributed by atoms with E-state index in [9.17, 15) is 4.79 Å². The molecular formula is C10H10O2. The number of benzene rings is 1. The quantitative estimate of drug-likeness (QED) is 0.532. The highest BCUT2D eigenvalue weighted by Crippen LogP contribution is 2.16. The van der Waals surface area contributed by atoms with Gasteiger partial charge in [-0.05, 0) is 36.3 Å². The number of hydrogen-bond acceptors (Lipinski definition) is 2. The fourth-order valence-electron chi connectivity index (χ4n) is 0.950. The molecule has 0 saturated heterocycles. The number of carbonyl (C=O) groups is 1. The summed E-state index contributed by atoms with van der Waals surface area (Å²) in [6, 6.07) is 5.04. The van der Waals surface area contributed by atoms with Gasteiger partial charge in [0.15, 0.2) is 0 Å². The molecule has 0 bridgehead atoms. The SMILES string of the molecule is Cc1ccc(O)cc1/C=C/C=O. The first-order chi connectivity index (χ1) is 5.74. The molecule has 0 amide bonds. The molecule has 0 atom stereocenters. The van der Waals surface area contributed by atoms with Crippen molar-refractivity contribution < 1.29 is 9.90 Å². The average Bonchev–Trinajstić information content (AvgIpc) is 2.07. The van der Waals surface area contributed by atoms with E-state index in [2.05, 4.69) is 0 Å². The molecule has 1 aromatic carbocycles. The number of allylic oxidation sites excluding steroid dienone is 1. The predicted molar refractivity (Wildman–Crippen MR) is 47.9 cm³/mol. The summed E-state index contributed by atoms with van der Waals surface area (Å²) in [7, 11) is 0. The number of phenols is 1. The van der Waals surface area contributed by atoms with Gasteiger partial charge >= 0.3 is 0 Å². The Hall–Kier alpha value is -1.57. The molecule has 0 fully saturated rings. The summed E-state index contributed by atoms with van der Waals surface area (Å²) in [5.74, 6) is 0.214. The highest BCUT2D eigenvalue weighted by Gasteiger charge is 1.94. The highest BCUT2D eigenvalue weighted by molar-refractivity contribution is 5.74. The summed E-state index contributed by atoms with van der Waals surface area (Å²) < 4.78 is 0. The van der Waals surface area contributed by atoms with Crippen LogP contribution in [0, 0.1) is 6.92 Å². The van der Waals surface area contributed by atoms with Gasteiger partial charge in [0.1, 0.15) is 12.0 Å². The number of hydrogen-bond donors (Lipinski definition) is 1. The molecule has 0 heterocycles. The lowest BCUT2D eigenvalue weighted by atomic mass is 10.1. The zero-order chi connectivity index (χ0) is 8.97. The van der Waals surface area contributed by atoms with E-state index in [1.165, 1.54) is 6.08 Å². The first-order valence-corrected chi connectivity index (χ1v) is 3.65. The van der Waals surface area contributed by atoms with Gasteiger partial charge in [0.2, 0.25) is 0 Å². The lowest BCUT2D eigenvalue weighted by molar-refractivity contribution is -0.104. The minimum atomic E-state index is 0.214. The van der Waals surface area contributed by atoms with Crippen LogP contribution in [-0.2, 0) is 4.79 Å². The third-order valence-electron chi connectivity index (χ3n) is 1.62. The van der Waals surface area contributed by atoms with Crippen molar-refractivity contribution in [1.82, 2.24) is 0 Å². The number of rotatable bonds is 2. The molecule has 0 aromatic heterocycles. The maximum Gasteiger partial charge on any atom is 0.142 e. The van der Waals surface area contributed by atoms with E-state index >= 15 is 0 Å². The number of carbonyl (C=O) groups excluding carboxylic acids is 1. The molecule has 2 heteroatoms. The molecule has 12 heavy (non-hydrogen) atoms. The minimum Gasteiger partial charge on any atom is -0.508 e. The maximum atomic E-state index is 10.0. The second-order valence-electron chi connectivity index (χ2n) is 2.54. The van der Waals surface area contributed by atoms with Crippen LogP contribution in [0.4, 0.5) is 0 Å². The molecular weight excluding hydrogens is 152 g/mol. The van der Waals surface area contributed by atoms with Gasteiger partial charge in [-0.1, -0.05) is 12.1 Å². The normalized spacial score (nSPS) is 10.4. The fraction of sp³-hybridized carbons (Fsp3) is 0.100. The second-order valence-corrected chi connectivity index (χ2v) is 2.54. The molecule has 0 aliphatic carbocycles. The van der Waals surface area contributed by atoms with Crippen molar-refractivity contribution in [2.75, 3.05) is 0 Å². The predicted octanol–water partition coefficient (Wildman–Crippen LogP) is 1.91. The Morgan fingerprint density at radius 1 is 1.42 bits per heavy atom. The molecule has 0 aliphatic rings. The van der Waals surface area contributed by atoms with E-state index in [1.54, 1.807) is 24.3 Å². The summed E-state index contributed by atoms with van der Waals surface area (Å²) in [6.07, 6.45) is 3.79. The van der Waals surface area contributed by atoms with Crippen molar-refractivity contribution in [2.24, 2.45) is 0 Å². The van der Waals surface area contributed by atoms with Gasteiger partial charge in [-0.15, -0.1) is 0 Å². The van der Waals surface area contributed by atoms with Gasteiger partial charge in [-0.3, -0.25) is 4.79 Å². The van der Waals surface area contributed by atoms with Gasteiger partial charge in [0.05, 0.1) is 0 Å². The first kappa shape index (κ1) is 8.53. The van der Waals surface area contributed by atoms with E-state index < -0.39 is 0 Å². The first-order valence-electron chi connectivity index (χ1n) is 3.65. The molecule has 1 rings (SSSR count). The van der Waals surface area contributed by atoms with Gasteiger partial charge in [-0.2, -0.15) is 0 Å². The minimum absolute atomic E-state index is 0.214. The molecule has 62 valence electrons. The number of aryl methyl sites for hydroxylation is 1. The molecule has 1 aromatic rings. The monoisotopic (exact) mass is 162 g/mol. The van der Waals surface area contributed by atoms with Crippen molar-refractivity contribution in [3.63, 3.8) is 0 Å².